The fourth-order valence-electron chi connectivity index (χ4n) is 2.23. The van der Waals surface area contributed by atoms with Crippen LogP contribution < -0.4 is 10.2 Å². The summed E-state index contributed by atoms with van der Waals surface area (Å²) < 4.78 is 5.71. The molecular weight excluding hydrogens is 246 g/mol. The zero-order valence-corrected chi connectivity index (χ0v) is 11.7. The van der Waals surface area contributed by atoms with Crippen LogP contribution >= 0.6 is 0 Å². The second-order valence-electron chi connectivity index (χ2n) is 4.75. The normalized spacial score (nSPS) is 18.8. The Morgan fingerprint density at radius 1 is 1.32 bits per heavy atom. The van der Waals surface area contributed by atoms with Gasteiger partial charge in [-0.15, -0.1) is 5.10 Å². The van der Waals surface area contributed by atoms with Crippen molar-refractivity contribution in [1.29, 1.82) is 0 Å². The number of rotatable bonds is 6. The molecule has 0 radical (unpaired) electrons. The highest BCUT2D eigenvalue weighted by Gasteiger charge is 2.22. The van der Waals surface area contributed by atoms with E-state index >= 15 is 0 Å². The van der Waals surface area contributed by atoms with Gasteiger partial charge in [-0.2, -0.15) is 0 Å². The van der Waals surface area contributed by atoms with E-state index in [0.29, 0.717) is 11.9 Å². The van der Waals surface area contributed by atoms with Crippen molar-refractivity contribution < 1.29 is 9.52 Å². The van der Waals surface area contributed by atoms with Gasteiger partial charge in [-0.05, 0) is 13.5 Å². The third-order valence-electron chi connectivity index (χ3n) is 3.37. The summed E-state index contributed by atoms with van der Waals surface area (Å²) in [7, 11) is 0. The zero-order valence-electron chi connectivity index (χ0n) is 11.7. The molecule has 0 aliphatic carbocycles. The number of hydrogen-bond donors (Lipinski definition) is 2. The summed E-state index contributed by atoms with van der Waals surface area (Å²) in [6.07, 6.45) is 0. The summed E-state index contributed by atoms with van der Waals surface area (Å²) in [5, 5.41) is 20.4. The highest BCUT2D eigenvalue weighted by Crippen LogP contribution is 2.18. The Labute approximate surface area is 113 Å². The Bertz CT molecular complexity index is 376. The first-order valence-corrected chi connectivity index (χ1v) is 6.89. The molecule has 1 aromatic rings. The van der Waals surface area contributed by atoms with Crippen LogP contribution in [0.15, 0.2) is 4.42 Å². The molecule has 19 heavy (non-hydrogen) atoms. The fourth-order valence-corrected chi connectivity index (χ4v) is 2.23. The highest BCUT2D eigenvalue weighted by molar-refractivity contribution is 5.25. The van der Waals surface area contributed by atoms with Crippen LogP contribution in [0.5, 0.6) is 0 Å². The molecule has 7 heteroatoms. The van der Waals surface area contributed by atoms with Crippen LogP contribution in [0.3, 0.4) is 0 Å². The molecule has 1 unspecified atom stereocenters. The summed E-state index contributed by atoms with van der Waals surface area (Å²) in [5.74, 6) is 0.634. The van der Waals surface area contributed by atoms with E-state index < -0.39 is 0 Å². The Morgan fingerprint density at radius 3 is 2.68 bits per heavy atom. The van der Waals surface area contributed by atoms with Gasteiger partial charge < -0.3 is 19.7 Å². The van der Waals surface area contributed by atoms with Crippen LogP contribution in [0, 0.1) is 0 Å². The molecule has 1 fully saturated rings. The van der Waals surface area contributed by atoms with Crippen LogP contribution in [0.25, 0.3) is 0 Å². The van der Waals surface area contributed by atoms with Gasteiger partial charge in [0.2, 0.25) is 5.89 Å². The maximum Gasteiger partial charge on any atom is 0.318 e. The predicted molar refractivity (Wildman–Crippen MR) is 72.1 cm³/mol. The average molecular weight is 269 g/mol. The minimum Gasteiger partial charge on any atom is -0.406 e. The summed E-state index contributed by atoms with van der Waals surface area (Å²) in [4.78, 5) is 4.33. The minimum absolute atomic E-state index is 0.0851. The fraction of sp³-hybridized carbons (Fsp3) is 0.833. The number of piperazine rings is 1. The second-order valence-corrected chi connectivity index (χ2v) is 4.75. The molecule has 1 atom stereocenters. The van der Waals surface area contributed by atoms with Crippen LogP contribution in [-0.4, -0.2) is 66.1 Å². The number of aliphatic hydroxyl groups is 1. The number of aliphatic hydroxyl groups excluding tert-OH is 1. The number of anilines is 1. The Morgan fingerprint density at radius 2 is 2.05 bits per heavy atom. The molecule has 0 spiro atoms. The van der Waals surface area contributed by atoms with Gasteiger partial charge in [0.1, 0.15) is 0 Å². The molecular formula is C12H23N5O2. The summed E-state index contributed by atoms with van der Waals surface area (Å²) in [5.41, 5.74) is 0. The number of hydrogen-bond acceptors (Lipinski definition) is 7. The smallest absolute Gasteiger partial charge is 0.318 e. The van der Waals surface area contributed by atoms with Crippen molar-refractivity contribution in [2.45, 2.75) is 19.9 Å². The minimum atomic E-state index is 0.0851. The lowest BCUT2D eigenvalue weighted by atomic mass is 10.3. The van der Waals surface area contributed by atoms with E-state index in [9.17, 15) is 0 Å². The standard InChI is InChI=1S/C12H23N5O2/c1-3-13-10(2)11-14-15-12(19-11)17-6-4-16(5-7-17)8-9-18/h10,13,18H,3-9H2,1-2H3. The first-order chi connectivity index (χ1) is 9.24. The molecule has 2 rings (SSSR count). The lowest BCUT2D eigenvalue weighted by Crippen LogP contribution is -2.47. The van der Waals surface area contributed by atoms with Gasteiger partial charge in [-0.1, -0.05) is 12.0 Å². The predicted octanol–water partition coefficient (Wildman–Crippen LogP) is -0.146. The first-order valence-electron chi connectivity index (χ1n) is 6.89. The SMILES string of the molecule is CCNC(C)c1nnc(N2CCN(CCO)CC2)o1. The van der Waals surface area contributed by atoms with Crippen LogP contribution in [0.2, 0.25) is 0 Å². The molecule has 1 aliphatic rings. The van der Waals surface area contributed by atoms with E-state index in [4.69, 9.17) is 9.52 Å². The van der Waals surface area contributed by atoms with Crippen molar-refractivity contribution in [2.75, 3.05) is 50.8 Å². The summed E-state index contributed by atoms with van der Waals surface area (Å²) in [6.45, 7) is 9.44. The van der Waals surface area contributed by atoms with Crippen LogP contribution in [0.1, 0.15) is 25.8 Å². The topological polar surface area (TPSA) is 77.7 Å². The maximum absolute atomic E-state index is 8.91. The molecule has 0 aromatic carbocycles. The molecule has 1 saturated heterocycles. The average Bonchev–Trinajstić information content (AvgIpc) is 2.90. The van der Waals surface area contributed by atoms with E-state index in [1.807, 2.05) is 13.8 Å². The molecule has 0 saturated carbocycles. The van der Waals surface area contributed by atoms with Gasteiger partial charge in [0.25, 0.3) is 0 Å². The van der Waals surface area contributed by atoms with E-state index in [1.54, 1.807) is 0 Å². The van der Waals surface area contributed by atoms with Gasteiger partial charge in [0.15, 0.2) is 0 Å². The van der Waals surface area contributed by atoms with E-state index in [0.717, 1.165) is 39.3 Å². The third kappa shape index (κ3) is 3.65. The Balaban J connectivity index is 1.89. The molecule has 7 nitrogen and oxygen atoms in total. The van der Waals surface area contributed by atoms with E-state index in [1.165, 1.54) is 0 Å². The summed E-state index contributed by atoms with van der Waals surface area (Å²) >= 11 is 0. The quantitative estimate of drug-likeness (QED) is 0.744. The molecule has 1 aromatic heterocycles. The van der Waals surface area contributed by atoms with Gasteiger partial charge in [-0.3, -0.25) is 4.90 Å². The molecule has 108 valence electrons. The van der Waals surface area contributed by atoms with Gasteiger partial charge in [0.05, 0.1) is 12.6 Å². The summed E-state index contributed by atoms with van der Waals surface area (Å²) in [6, 6.07) is 0.685. The van der Waals surface area contributed by atoms with E-state index in [2.05, 4.69) is 25.3 Å². The Hall–Kier alpha value is -1.18. The first kappa shape index (κ1) is 14.2. The van der Waals surface area contributed by atoms with Crippen molar-refractivity contribution in [2.24, 2.45) is 0 Å². The van der Waals surface area contributed by atoms with Crippen molar-refractivity contribution in [3.05, 3.63) is 5.89 Å². The van der Waals surface area contributed by atoms with Gasteiger partial charge in [0, 0.05) is 32.7 Å². The number of β-amino-alcohol motifs (C(OH)–C–C–N with tert-alkyl or cyclic N) is 1. The largest absolute Gasteiger partial charge is 0.406 e. The van der Waals surface area contributed by atoms with Gasteiger partial charge >= 0.3 is 6.01 Å². The molecule has 2 N–H and O–H groups in total. The Kier molecular flexibility index (Phi) is 5.12. The zero-order chi connectivity index (χ0) is 13.7. The van der Waals surface area contributed by atoms with E-state index in [-0.39, 0.29) is 12.6 Å². The monoisotopic (exact) mass is 269 g/mol. The van der Waals surface area contributed by atoms with Crippen molar-refractivity contribution in [1.82, 2.24) is 20.4 Å². The highest BCUT2D eigenvalue weighted by atomic mass is 16.4. The lowest BCUT2D eigenvalue weighted by molar-refractivity contribution is 0.187. The molecule has 0 bridgehead atoms. The number of nitrogens with one attached hydrogen (secondary N) is 1. The second kappa shape index (κ2) is 6.83. The molecule has 0 amide bonds. The van der Waals surface area contributed by atoms with Crippen LogP contribution in [-0.2, 0) is 0 Å². The van der Waals surface area contributed by atoms with Crippen molar-refractivity contribution in [3.63, 3.8) is 0 Å². The molecule has 2 heterocycles. The van der Waals surface area contributed by atoms with Crippen molar-refractivity contribution >= 4 is 6.01 Å². The number of aromatic nitrogens is 2. The maximum atomic E-state index is 8.91. The molecule has 1 aliphatic heterocycles. The van der Waals surface area contributed by atoms with Gasteiger partial charge in [-0.25, -0.2) is 0 Å². The lowest BCUT2D eigenvalue weighted by Gasteiger charge is -2.33. The van der Waals surface area contributed by atoms with Crippen LogP contribution in [0.4, 0.5) is 6.01 Å². The van der Waals surface area contributed by atoms with Crippen molar-refractivity contribution in [3.8, 4) is 0 Å². The number of nitrogens with zero attached hydrogens (tertiary/aromatic N) is 4. The third-order valence-corrected chi connectivity index (χ3v) is 3.37.